The van der Waals surface area contributed by atoms with Crippen LogP contribution in [0.2, 0.25) is 0 Å². The van der Waals surface area contributed by atoms with Crippen molar-refractivity contribution >= 4 is 21.8 Å². The molecule has 0 bridgehead atoms. The van der Waals surface area contributed by atoms with Crippen molar-refractivity contribution in [3.8, 4) is 16.8 Å². The van der Waals surface area contributed by atoms with Gasteiger partial charge in [0.05, 0.1) is 11.0 Å². The van der Waals surface area contributed by atoms with Gasteiger partial charge >= 0.3 is 0 Å². The SMILES string of the molecule is CC(C)c1cccc(-c2ccc(-n3c4ccccc4c4ccccc43)cc2)c1. The third-order valence-electron chi connectivity index (χ3n) is 5.59. The third-order valence-corrected chi connectivity index (χ3v) is 5.59. The van der Waals surface area contributed by atoms with Crippen LogP contribution >= 0.6 is 0 Å². The summed E-state index contributed by atoms with van der Waals surface area (Å²) in [5, 5.41) is 2.60. The van der Waals surface area contributed by atoms with Crippen molar-refractivity contribution in [1.29, 1.82) is 0 Å². The first-order chi connectivity index (χ1) is 13.7. The highest BCUT2D eigenvalue weighted by atomic mass is 15.0. The van der Waals surface area contributed by atoms with Gasteiger partial charge in [0.15, 0.2) is 0 Å². The van der Waals surface area contributed by atoms with E-state index in [1.165, 1.54) is 44.2 Å². The summed E-state index contributed by atoms with van der Waals surface area (Å²) < 4.78 is 2.36. The second kappa shape index (κ2) is 6.69. The van der Waals surface area contributed by atoms with Crippen molar-refractivity contribution in [1.82, 2.24) is 4.57 Å². The molecule has 1 heteroatoms. The van der Waals surface area contributed by atoms with Gasteiger partial charge < -0.3 is 4.57 Å². The number of benzene rings is 4. The van der Waals surface area contributed by atoms with Gasteiger partial charge in [-0.15, -0.1) is 0 Å². The van der Waals surface area contributed by atoms with Crippen LogP contribution in [0.4, 0.5) is 0 Å². The minimum Gasteiger partial charge on any atom is -0.309 e. The molecule has 4 aromatic carbocycles. The first kappa shape index (κ1) is 16.8. The zero-order valence-corrected chi connectivity index (χ0v) is 16.3. The van der Waals surface area contributed by atoms with Gasteiger partial charge in [-0.2, -0.15) is 0 Å². The fourth-order valence-electron chi connectivity index (χ4n) is 4.08. The van der Waals surface area contributed by atoms with Crippen molar-refractivity contribution in [3.05, 3.63) is 103 Å². The molecule has 1 nitrogen and oxygen atoms in total. The highest BCUT2D eigenvalue weighted by Gasteiger charge is 2.11. The van der Waals surface area contributed by atoms with Crippen molar-refractivity contribution in [2.75, 3.05) is 0 Å². The lowest BCUT2D eigenvalue weighted by molar-refractivity contribution is 0.867. The average molecular weight is 361 g/mol. The molecule has 28 heavy (non-hydrogen) atoms. The van der Waals surface area contributed by atoms with Gasteiger partial charge in [-0.1, -0.05) is 86.6 Å². The molecule has 0 saturated heterocycles. The van der Waals surface area contributed by atoms with Gasteiger partial charge in [-0.05, 0) is 46.9 Å². The smallest absolute Gasteiger partial charge is 0.0541 e. The number of fused-ring (bicyclic) bond motifs is 3. The highest BCUT2D eigenvalue weighted by Crippen LogP contribution is 2.32. The molecule has 1 heterocycles. The summed E-state index contributed by atoms with van der Waals surface area (Å²) in [6.07, 6.45) is 0. The summed E-state index contributed by atoms with van der Waals surface area (Å²) in [6, 6.07) is 35.1. The van der Waals surface area contributed by atoms with Crippen LogP contribution in [0.25, 0.3) is 38.6 Å². The zero-order valence-electron chi connectivity index (χ0n) is 16.3. The van der Waals surface area contributed by atoms with Crippen LogP contribution in [0.1, 0.15) is 25.3 Å². The Morgan fingerprint density at radius 2 is 1.18 bits per heavy atom. The van der Waals surface area contributed by atoms with Crippen molar-refractivity contribution in [3.63, 3.8) is 0 Å². The van der Waals surface area contributed by atoms with E-state index in [0.717, 1.165) is 0 Å². The Hall–Kier alpha value is -3.32. The van der Waals surface area contributed by atoms with E-state index in [0.29, 0.717) is 5.92 Å². The maximum Gasteiger partial charge on any atom is 0.0541 e. The Balaban J connectivity index is 1.64. The van der Waals surface area contributed by atoms with Gasteiger partial charge in [-0.3, -0.25) is 0 Å². The van der Waals surface area contributed by atoms with Gasteiger partial charge in [0, 0.05) is 16.5 Å². The molecule has 1 aromatic heterocycles. The molecule has 0 aliphatic heterocycles. The van der Waals surface area contributed by atoms with Crippen LogP contribution in [-0.4, -0.2) is 4.57 Å². The molecule has 0 atom stereocenters. The number of para-hydroxylation sites is 2. The van der Waals surface area contributed by atoms with E-state index < -0.39 is 0 Å². The van der Waals surface area contributed by atoms with Crippen molar-refractivity contribution in [2.45, 2.75) is 19.8 Å². The molecule has 0 saturated carbocycles. The topological polar surface area (TPSA) is 4.93 Å². The summed E-state index contributed by atoms with van der Waals surface area (Å²) in [7, 11) is 0. The molecule has 0 unspecified atom stereocenters. The monoisotopic (exact) mass is 361 g/mol. The predicted octanol–water partition coefficient (Wildman–Crippen LogP) is 7.57. The molecule has 5 aromatic rings. The first-order valence-electron chi connectivity index (χ1n) is 9.91. The van der Waals surface area contributed by atoms with E-state index in [1.54, 1.807) is 0 Å². The van der Waals surface area contributed by atoms with Gasteiger partial charge in [0.25, 0.3) is 0 Å². The molecule has 0 spiro atoms. The minimum atomic E-state index is 0.539. The lowest BCUT2D eigenvalue weighted by Crippen LogP contribution is -1.93. The van der Waals surface area contributed by atoms with E-state index >= 15 is 0 Å². The number of rotatable bonds is 3. The molecule has 0 fully saturated rings. The largest absolute Gasteiger partial charge is 0.309 e. The molecular formula is C27H23N. The summed E-state index contributed by atoms with van der Waals surface area (Å²) in [5.41, 5.74) is 7.61. The van der Waals surface area contributed by atoms with E-state index in [2.05, 4.69) is 115 Å². The molecule has 0 aliphatic rings. The Labute approximate surface area is 165 Å². The number of hydrogen-bond acceptors (Lipinski definition) is 0. The maximum atomic E-state index is 2.36. The summed E-state index contributed by atoms with van der Waals surface area (Å²) in [4.78, 5) is 0. The fraction of sp³-hybridized carbons (Fsp3) is 0.111. The molecule has 5 rings (SSSR count). The Bertz CT molecular complexity index is 1220. The van der Waals surface area contributed by atoms with Crippen LogP contribution < -0.4 is 0 Å². The van der Waals surface area contributed by atoms with E-state index in [4.69, 9.17) is 0 Å². The summed E-state index contributed by atoms with van der Waals surface area (Å²) in [5.74, 6) is 0.539. The third kappa shape index (κ3) is 2.71. The number of aromatic nitrogens is 1. The van der Waals surface area contributed by atoms with E-state index in [1.807, 2.05) is 0 Å². The Kier molecular flexibility index (Phi) is 4.02. The highest BCUT2D eigenvalue weighted by molar-refractivity contribution is 6.09. The second-order valence-electron chi connectivity index (χ2n) is 7.70. The van der Waals surface area contributed by atoms with Crippen LogP contribution in [-0.2, 0) is 0 Å². The Morgan fingerprint density at radius 1 is 0.571 bits per heavy atom. The van der Waals surface area contributed by atoms with E-state index in [9.17, 15) is 0 Å². The molecule has 0 radical (unpaired) electrons. The zero-order chi connectivity index (χ0) is 19.1. The van der Waals surface area contributed by atoms with Gasteiger partial charge in [0.1, 0.15) is 0 Å². The summed E-state index contributed by atoms with van der Waals surface area (Å²) >= 11 is 0. The number of nitrogens with zero attached hydrogens (tertiary/aromatic N) is 1. The molecule has 0 amide bonds. The quantitative estimate of drug-likeness (QED) is 0.312. The van der Waals surface area contributed by atoms with Crippen LogP contribution in [0.15, 0.2) is 97.1 Å². The van der Waals surface area contributed by atoms with Crippen molar-refractivity contribution in [2.24, 2.45) is 0 Å². The number of hydrogen-bond donors (Lipinski definition) is 0. The molecule has 136 valence electrons. The van der Waals surface area contributed by atoms with Crippen LogP contribution in [0.5, 0.6) is 0 Å². The minimum absolute atomic E-state index is 0.539. The Morgan fingerprint density at radius 3 is 1.79 bits per heavy atom. The standard InChI is InChI=1S/C27H23N/c1-19(2)21-8-7-9-22(18-21)20-14-16-23(17-15-20)28-26-12-5-3-10-24(26)25-11-4-6-13-27(25)28/h3-19H,1-2H3. The van der Waals surface area contributed by atoms with Gasteiger partial charge in [0.2, 0.25) is 0 Å². The van der Waals surface area contributed by atoms with Crippen LogP contribution in [0, 0.1) is 0 Å². The average Bonchev–Trinajstić information content (AvgIpc) is 3.08. The molecule has 0 N–H and O–H groups in total. The molecule has 0 aliphatic carbocycles. The maximum absolute atomic E-state index is 2.36. The van der Waals surface area contributed by atoms with Crippen molar-refractivity contribution < 1.29 is 0 Å². The molecular weight excluding hydrogens is 338 g/mol. The lowest BCUT2D eigenvalue weighted by Gasteiger charge is -2.11. The first-order valence-corrected chi connectivity index (χ1v) is 9.91. The van der Waals surface area contributed by atoms with E-state index in [-0.39, 0.29) is 0 Å². The second-order valence-corrected chi connectivity index (χ2v) is 7.70. The normalized spacial score (nSPS) is 11.5. The van der Waals surface area contributed by atoms with Crippen LogP contribution in [0.3, 0.4) is 0 Å². The summed E-state index contributed by atoms with van der Waals surface area (Å²) in [6.45, 7) is 4.48. The van der Waals surface area contributed by atoms with Gasteiger partial charge in [-0.25, -0.2) is 0 Å². The fourth-order valence-corrected chi connectivity index (χ4v) is 4.08. The lowest BCUT2D eigenvalue weighted by atomic mass is 9.97. The predicted molar refractivity (Wildman–Crippen MR) is 120 cm³/mol.